The van der Waals surface area contributed by atoms with Crippen molar-refractivity contribution in [3.8, 4) is 0 Å². The summed E-state index contributed by atoms with van der Waals surface area (Å²) in [6, 6.07) is 10.4. The number of amides is 1. The summed E-state index contributed by atoms with van der Waals surface area (Å²) >= 11 is 5.67. The quantitative estimate of drug-likeness (QED) is 0.357. The number of benzene rings is 2. The Bertz CT molecular complexity index is 1370. The number of methoxy groups -OCH3 is 2. The van der Waals surface area contributed by atoms with Gasteiger partial charge in [0.25, 0.3) is 5.91 Å². The van der Waals surface area contributed by atoms with Crippen LogP contribution in [0.5, 0.6) is 0 Å². The van der Waals surface area contributed by atoms with E-state index in [1.807, 2.05) is 0 Å². The minimum Gasteiger partial charge on any atom is -0.466 e. The van der Waals surface area contributed by atoms with E-state index in [-0.39, 0.29) is 33.8 Å². The van der Waals surface area contributed by atoms with E-state index in [1.54, 1.807) is 18.2 Å². The Labute approximate surface area is 231 Å². The number of hydrogen-bond donors (Lipinski definition) is 2. The monoisotopic (exact) mass is 580 g/mol. The molecule has 0 fully saturated rings. The molecule has 9 nitrogen and oxygen atoms in total. The summed E-state index contributed by atoms with van der Waals surface area (Å²) < 4.78 is 55.2. The summed E-state index contributed by atoms with van der Waals surface area (Å²) in [6.07, 6.45) is -6.49. The molecule has 0 unspecified atom stereocenters. The highest BCUT2D eigenvalue weighted by molar-refractivity contribution is 6.31. The van der Waals surface area contributed by atoms with Gasteiger partial charge in [-0.15, -0.1) is 0 Å². The van der Waals surface area contributed by atoms with Crippen molar-refractivity contribution in [2.24, 2.45) is 5.92 Å². The summed E-state index contributed by atoms with van der Waals surface area (Å²) in [4.78, 5) is 52.3. The Kier molecular flexibility index (Phi) is 9.25. The fraction of sp³-hybridized carbons (Fsp3) is 0.259. The van der Waals surface area contributed by atoms with Gasteiger partial charge in [0.1, 0.15) is 5.92 Å². The highest BCUT2D eigenvalue weighted by Gasteiger charge is 2.44. The third-order valence-corrected chi connectivity index (χ3v) is 6.25. The summed E-state index contributed by atoms with van der Waals surface area (Å²) in [6.45, 7) is 2.95. The van der Waals surface area contributed by atoms with Crippen molar-refractivity contribution in [2.75, 3.05) is 19.5 Å². The molecule has 2 aromatic rings. The average Bonchev–Trinajstić information content (AvgIpc) is 2.91. The molecular formula is C27H24ClF3N2O7. The number of ether oxygens (including phenoxy) is 3. The van der Waals surface area contributed by atoms with E-state index in [1.165, 1.54) is 26.0 Å². The van der Waals surface area contributed by atoms with Crippen molar-refractivity contribution in [1.29, 1.82) is 0 Å². The van der Waals surface area contributed by atoms with Crippen molar-refractivity contribution < 1.29 is 46.6 Å². The lowest BCUT2D eigenvalue weighted by Gasteiger charge is -2.29. The number of rotatable bonds is 7. The maximum absolute atomic E-state index is 13.6. The summed E-state index contributed by atoms with van der Waals surface area (Å²) in [5, 5.41) is 4.56. The molecule has 1 atom stereocenters. The predicted molar refractivity (Wildman–Crippen MR) is 136 cm³/mol. The van der Waals surface area contributed by atoms with E-state index in [0.29, 0.717) is 6.07 Å². The van der Waals surface area contributed by atoms with Crippen molar-refractivity contribution in [3.05, 3.63) is 87.2 Å². The maximum Gasteiger partial charge on any atom is 0.417 e. The molecule has 40 heavy (non-hydrogen) atoms. The molecule has 1 aliphatic heterocycles. The van der Waals surface area contributed by atoms with Gasteiger partial charge in [0.05, 0.1) is 36.0 Å². The molecule has 0 spiro atoms. The standard InChI is InChI=1S/C27H24ClF3N2O7/c1-13-19(24(35)38-3)21(20(14(2)32-13)25(36)39-4)26(37)40-22(15-8-6-5-7-9-15)23(34)33-16-10-11-18(28)17(12-16)27(29,30)31/h5-12,21-22,32H,1-4H3,(H,33,34)/t22-/m1/s1. The van der Waals surface area contributed by atoms with Gasteiger partial charge in [-0.1, -0.05) is 41.9 Å². The Morgan fingerprint density at radius 2 is 1.48 bits per heavy atom. The number of anilines is 1. The van der Waals surface area contributed by atoms with E-state index in [2.05, 4.69) is 10.6 Å². The zero-order valence-corrected chi connectivity index (χ0v) is 22.4. The third-order valence-electron chi connectivity index (χ3n) is 5.92. The minimum atomic E-state index is -4.79. The number of carbonyl (C=O) groups excluding carboxylic acids is 4. The smallest absolute Gasteiger partial charge is 0.417 e. The van der Waals surface area contributed by atoms with Gasteiger partial charge in [-0.25, -0.2) is 9.59 Å². The van der Waals surface area contributed by atoms with Crippen LogP contribution in [0.25, 0.3) is 0 Å². The molecule has 2 N–H and O–H groups in total. The maximum atomic E-state index is 13.6. The first-order valence-corrected chi connectivity index (χ1v) is 12.0. The Balaban J connectivity index is 2.04. The van der Waals surface area contributed by atoms with Crippen molar-refractivity contribution in [3.63, 3.8) is 0 Å². The minimum absolute atomic E-state index is 0.160. The molecule has 0 aliphatic carbocycles. The van der Waals surface area contributed by atoms with E-state index in [0.717, 1.165) is 26.4 Å². The first-order chi connectivity index (χ1) is 18.8. The molecule has 1 heterocycles. The molecule has 0 aromatic heterocycles. The number of carbonyl (C=O) groups is 4. The first-order valence-electron chi connectivity index (χ1n) is 11.6. The van der Waals surface area contributed by atoms with Crippen LogP contribution in [0, 0.1) is 5.92 Å². The first kappa shape index (κ1) is 30.2. The van der Waals surface area contributed by atoms with Gasteiger partial charge < -0.3 is 24.8 Å². The van der Waals surface area contributed by atoms with Gasteiger partial charge >= 0.3 is 24.1 Å². The number of nitrogens with one attached hydrogen (secondary N) is 2. The molecule has 212 valence electrons. The fourth-order valence-corrected chi connectivity index (χ4v) is 4.33. The Morgan fingerprint density at radius 1 is 0.925 bits per heavy atom. The topological polar surface area (TPSA) is 120 Å². The molecule has 13 heteroatoms. The van der Waals surface area contributed by atoms with E-state index in [9.17, 15) is 32.3 Å². The molecule has 1 amide bonds. The van der Waals surface area contributed by atoms with E-state index >= 15 is 0 Å². The Morgan fingerprint density at radius 3 is 1.98 bits per heavy atom. The molecule has 2 aromatic carbocycles. The molecule has 3 rings (SSSR count). The normalized spacial score (nSPS) is 14.7. The Hall–Kier alpha value is -4.32. The van der Waals surface area contributed by atoms with Crippen molar-refractivity contribution in [2.45, 2.75) is 26.1 Å². The number of dihydropyridines is 1. The van der Waals surface area contributed by atoms with Crippen LogP contribution in [0.2, 0.25) is 5.02 Å². The van der Waals surface area contributed by atoms with Crippen LogP contribution in [0.15, 0.2) is 71.1 Å². The van der Waals surface area contributed by atoms with Crippen LogP contribution < -0.4 is 10.6 Å². The molecule has 0 radical (unpaired) electrons. The second-order valence-corrected chi connectivity index (χ2v) is 8.93. The lowest BCUT2D eigenvalue weighted by atomic mass is 9.85. The third kappa shape index (κ3) is 6.45. The van der Waals surface area contributed by atoms with Crippen LogP contribution >= 0.6 is 11.6 Å². The lowest BCUT2D eigenvalue weighted by Crippen LogP contribution is -2.39. The highest BCUT2D eigenvalue weighted by Crippen LogP contribution is 2.37. The van der Waals surface area contributed by atoms with Crippen LogP contribution in [0.1, 0.15) is 31.1 Å². The molecular weight excluding hydrogens is 557 g/mol. The number of alkyl halides is 3. The average molecular weight is 581 g/mol. The van der Waals surface area contributed by atoms with Gasteiger partial charge in [0.15, 0.2) is 0 Å². The van der Waals surface area contributed by atoms with E-state index in [4.69, 9.17) is 25.8 Å². The molecule has 1 aliphatic rings. The summed E-state index contributed by atoms with van der Waals surface area (Å²) in [5.74, 6) is -5.72. The van der Waals surface area contributed by atoms with Gasteiger partial charge in [-0.05, 0) is 32.0 Å². The summed E-state index contributed by atoms with van der Waals surface area (Å²) in [7, 11) is 2.16. The SMILES string of the molecule is COC(=O)C1=C(C)NC(C)=C(C(=O)OC)C1C(=O)O[C@@H](C(=O)Nc1ccc(Cl)c(C(F)(F)F)c1)c1ccccc1. The van der Waals surface area contributed by atoms with Crippen molar-refractivity contribution in [1.82, 2.24) is 5.32 Å². The second-order valence-electron chi connectivity index (χ2n) is 8.53. The second kappa shape index (κ2) is 12.2. The van der Waals surface area contributed by atoms with Gasteiger partial charge in [-0.2, -0.15) is 13.2 Å². The van der Waals surface area contributed by atoms with Crippen LogP contribution in [-0.2, 0) is 39.6 Å². The van der Waals surface area contributed by atoms with Gasteiger partial charge in [0.2, 0.25) is 6.10 Å². The number of allylic oxidation sites excluding steroid dienone is 2. The zero-order chi connectivity index (χ0) is 29.8. The van der Waals surface area contributed by atoms with Gasteiger partial charge in [0, 0.05) is 22.6 Å². The van der Waals surface area contributed by atoms with Gasteiger partial charge in [-0.3, -0.25) is 9.59 Å². The van der Waals surface area contributed by atoms with Crippen molar-refractivity contribution >= 4 is 41.1 Å². The zero-order valence-electron chi connectivity index (χ0n) is 21.6. The number of esters is 3. The molecule has 0 saturated heterocycles. The van der Waals surface area contributed by atoms with Crippen LogP contribution in [0.4, 0.5) is 18.9 Å². The van der Waals surface area contributed by atoms with Crippen LogP contribution in [-0.4, -0.2) is 38.0 Å². The highest BCUT2D eigenvalue weighted by atomic mass is 35.5. The predicted octanol–water partition coefficient (Wildman–Crippen LogP) is 4.70. The molecule has 0 bridgehead atoms. The lowest BCUT2D eigenvalue weighted by molar-refractivity contribution is -0.159. The van der Waals surface area contributed by atoms with E-state index < -0.39 is 52.6 Å². The summed E-state index contributed by atoms with van der Waals surface area (Å²) in [5.41, 5.74) is -1.40. The fourth-order valence-electron chi connectivity index (χ4n) is 4.10. The molecule has 0 saturated carbocycles. The largest absolute Gasteiger partial charge is 0.466 e. The number of hydrogen-bond acceptors (Lipinski definition) is 8. The number of halogens is 4. The van der Waals surface area contributed by atoms with Crippen LogP contribution in [0.3, 0.4) is 0 Å².